The first-order valence-corrected chi connectivity index (χ1v) is 23.1. The van der Waals surface area contributed by atoms with E-state index in [0.29, 0.717) is 0 Å². The summed E-state index contributed by atoms with van der Waals surface area (Å²) in [6, 6.07) is 26.5. The van der Waals surface area contributed by atoms with Gasteiger partial charge in [0, 0.05) is 12.4 Å². The minimum atomic E-state index is -0.328. The van der Waals surface area contributed by atoms with E-state index in [2.05, 4.69) is 61.9 Å². The molecule has 59 heavy (non-hydrogen) atoms. The van der Waals surface area contributed by atoms with Gasteiger partial charge in [0.25, 0.3) is 0 Å². The van der Waals surface area contributed by atoms with Crippen molar-refractivity contribution in [2.45, 2.75) is 167 Å². The molecule has 2 aromatic carbocycles. The van der Waals surface area contributed by atoms with Crippen molar-refractivity contribution >= 4 is 12.6 Å². The second-order valence-corrected chi connectivity index (χ2v) is 17.4. The van der Waals surface area contributed by atoms with Gasteiger partial charge >= 0.3 is 7.12 Å². The lowest BCUT2D eigenvalue weighted by Gasteiger charge is -2.32. The van der Waals surface area contributed by atoms with Crippen molar-refractivity contribution in [2.24, 2.45) is 0 Å². The first-order chi connectivity index (χ1) is 28.8. The fraction of sp³-hybridized carbons (Fsp3) is 0.569. The van der Waals surface area contributed by atoms with Gasteiger partial charge in [-0.05, 0) is 125 Å². The number of unbranched alkanes of at least 4 members (excludes halogenated alkanes) is 17. The minimum absolute atomic E-state index is 0.326. The molecule has 1 aliphatic rings. The fourth-order valence-corrected chi connectivity index (χ4v) is 7.43. The van der Waals surface area contributed by atoms with Gasteiger partial charge in [0.1, 0.15) is 17.2 Å². The van der Waals surface area contributed by atoms with Gasteiger partial charge in [0.05, 0.1) is 42.4 Å². The average Bonchev–Trinajstić information content (AvgIpc) is 3.48. The Balaban J connectivity index is 0.744. The molecule has 5 rings (SSSR count). The summed E-state index contributed by atoms with van der Waals surface area (Å²) in [6.45, 7) is 10.7. The van der Waals surface area contributed by atoms with Gasteiger partial charge in [-0.1, -0.05) is 121 Å². The molecule has 0 spiro atoms. The fourth-order valence-electron chi connectivity index (χ4n) is 7.43. The van der Waals surface area contributed by atoms with Crippen LogP contribution in [0.1, 0.15) is 155 Å². The highest BCUT2D eigenvalue weighted by atomic mass is 16.7. The van der Waals surface area contributed by atoms with E-state index in [-0.39, 0.29) is 18.3 Å². The van der Waals surface area contributed by atoms with Crippen molar-refractivity contribution in [3.8, 4) is 28.6 Å². The topological polar surface area (TPSA) is 71.9 Å². The highest BCUT2D eigenvalue weighted by molar-refractivity contribution is 6.62. The molecule has 0 atom stereocenters. The second-order valence-electron chi connectivity index (χ2n) is 17.4. The van der Waals surface area contributed by atoms with Gasteiger partial charge < -0.3 is 23.5 Å². The molecule has 0 aliphatic carbocycles. The van der Waals surface area contributed by atoms with E-state index in [1.165, 1.54) is 108 Å². The summed E-state index contributed by atoms with van der Waals surface area (Å²) in [5.74, 6) is 2.78. The molecule has 8 heteroatoms. The number of hydrogen-bond acceptors (Lipinski definition) is 7. The van der Waals surface area contributed by atoms with Gasteiger partial charge in [-0.3, -0.25) is 9.97 Å². The van der Waals surface area contributed by atoms with E-state index in [9.17, 15) is 0 Å². The molecule has 0 N–H and O–H groups in total. The SMILES string of the molecule is CC1(C)OB(c2ccc(OCCCCCCCCCCCCOc3ccc(OCCCCCCCCCCCc4ccc(-c5ccccn5)nc4)cc3)cc2)OC1(C)C. The Morgan fingerprint density at radius 1 is 0.441 bits per heavy atom. The number of nitrogens with zero attached hydrogens (tertiary/aromatic N) is 2. The van der Waals surface area contributed by atoms with E-state index < -0.39 is 0 Å². The van der Waals surface area contributed by atoms with Crippen molar-refractivity contribution in [3.05, 3.63) is 96.8 Å². The lowest BCUT2D eigenvalue weighted by molar-refractivity contribution is 0.00578. The van der Waals surface area contributed by atoms with Crippen LogP contribution in [0.4, 0.5) is 0 Å². The summed E-state index contributed by atoms with van der Waals surface area (Å²) < 4.78 is 30.3. The zero-order valence-corrected chi connectivity index (χ0v) is 36.9. The maximum absolute atomic E-state index is 6.15. The van der Waals surface area contributed by atoms with E-state index in [1.807, 2.05) is 67.0 Å². The summed E-state index contributed by atoms with van der Waals surface area (Å²) in [4.78, 5) is 8.99. The third-order valence-corrected chi connectivity index (χ3v) is 11.9. The highest BCUT2D eigenvalue weighted by Gasteiger charge is 2.51. The summed E-state index contributed by atoms with van der Waals surface area (Å²) in [7, 11) is -0.328. The summed E-state index contributed by atoms with van der Waals surface area (Å²) in [6.07, 6.45) is 29.0. The molecule has 1 aliphatic heterocycles. The number of aromatic nitrogens is 2. The number of rotatable bonds is 30. The zero-order valence-electron chi connectivity index (χ0n) is 36.9. The molecule has 1 fully saturated rings. The van der Waals surface area contributed by atoms with Crippen molar-refractivity contribution in [2.75, 3.05) is 19.8 Å². The Labute approximate surface area is 357 Å². The first kappa shape index (κ1) is 46.2. The van der Waals surface area contributed by atoms with Gasteiger partial charge in [-0.2, -0.15) is 0 Å². The number of ether oxygens (including phenoxy) is 3. The Bertz CT molecular complexity index is 1670. The van der Waals surface area contributed by atoms with Crippen LogP contribution in [0.25, 0.3) is 11.4 Å². The Kier molecular flexibility index (Phi) is 20.1. The zero-order chi connectivity index (χ0) is 41.4. The van der Waals surface area contributed by atoms with Crippen LogP contribution < -0.4 is 19.7 Å². The second kappa shape index (κ2) is 25.7. The predicted molar refractivity (Wildman–Crippen MR) is 244 cm³/mol. The third kappa shape index (κ3) is 17.0. The maximum Gasteiger partial charge on any atom is 0.494 e. The molecule has 3 heterocycles. The van der Waals surface area contributed by atoms with Crippen LogP contribution in [0.5, 0.6) is 17.2 Å². The summed E-state index contributed by atoms with van der Waals surface area (Å²) >= 11 is 0. The molecule has 0 bridgehead atoms. The van der Waals surface area contributed by atoms with Crippen LogP contribution in [0.15, 0.2) is 91.3 Å². The monoisotopic (exact) mass is 805 g/mol. The van der Waals surface area contributed by atoms with Crippen LogP contribution in [0.2, 0.25) is 0 Å². The molecule has 0 radical (unpaired) electrons. The van der Waals surface area contributed by atoms with Crippen LogP contribution >= 0.6 is 0 Å². The minimum Gasteiger partial charge on any atom is -0.494 e. The molecule has 0 amide bonds. The van der Waals surface area contributed by atoms with Gasteiger partial charge in [-0.15, -0.1) is 0 Å². The van der Waals surface area contributed by atoms with E-state index in [0.717, 1.165) is 79.6 Å². The average molecular weight is 805 g/mol. The van der Waals surface area contributed by atoms with Crippen LogP contribution in [0.3, 0.4) is 0 Å². The lowest BCUT2D eigenvalue weighted by atomic mass is 9.79. The standard InChI is InChI=1S/C51H73BN2O5/c1-50(2)51(3,4)59-52(58-50)44-29-31-45(32-30-44)55-39-23-17-13-9-5-6-10-14-18-24-40-56-46-33-35-47(36-34-46)57-41-25-19-15-11-7-8-12-16-20-26-43-28-37-49(54-42-43)48-27-21-22-38-53-48/h21-22,27-38,42H,5-20,23-26,39-41H2,1-4H3. The molecule has 0 unspecified atom stereocenters. The Morgan fingerprint density at radius 2 is 0.847 bits per heavy atom. The molecule has 4 aromatic rings. The van der Waals surface area contributed by atoms with Gasteiger partial charge in [0.2, 0.25) is 0 Å². The number of pyridine rings is 2. The molecule has 1 saturated heterocycles. The van der Waals surface area contributed by atoms with E-state index in [1.54, 1.807) is 0 Å². The summed E-state index contributed by atoms with van der Waals surface area (Å²) in [5, 5.41) is 0. The van der Waals surface area contributed by atoms with E-state index >= 15 is 0 Å². The highest BCUT2D eigenvalue weighted by Crippen LogP contribution is 2.36. The van der Waals surface area contributed by atoms with Crippen molar-refractivity contribution in [1.29, 1.82) is 0 Å². The van der Waals surface area contributed by atoms with Crippen molar-refractivity contribution in [3.63, 3.8) is 0 Å². The number of aryl methyl sites for hydroxylation is 1. The Morgan fingerprint density at radius 3 is 1.25 bits per heavy atom. The van der Waals surface area contributed by atoms with Crippen molar-refractivity contribution < 1.29 is 23.5 Å². The van der Waals surface area contributed by atoms with E-state index in [4.69, 9.17) is 23.5 Å². The van der Waals surface area contributed by atoms with Gasteiger partial charge in [-0.25, -0.2) is 0 Å². The number of benzene rings is 2. The van der Waals surface area contributed by atoms with Gasteiger partial charge in [0.15, 0.2) is 0 Å². The largest absolute Gasteiger partial charge is 0.494 e. The Hall–Kier alpha value is -3.88. The predicted octanol–water partition coefficient (Wildman–Crippen LogP) is 12.9. The normalized spacial score (nSPS) is 14.4. The smallest absolute Gasteiger partial charge is 0.494 e. The molecule has 7 nitrogen and oxygen atoms in total. The molecule has 320 valence electrons. The summed E-state index contributed by atoms with van der Waals surface area (Å²) in [5.41, 5.74) is 3.58. The van der Waals surface area contributed by atoms with Crippen LogP contribution in [-0.2, 0) is 15.7 Å². The molecular formula is C51H73BN2O5. The van der Waals surface area contributed by atoms with Crippen LogP contribution in [0, 0.1) is 0 Å². The van der Waals surface area contributed by atoms with Crippen LogP contribution in [-0.4, -0.2) is 48.1 Å². The number of hydrogen-bond donors (Lipinski definition) is 0. The first-order valence-electron chi connectivity index (χ1n) is 23.1. The lowest BCUT2D eigenvalue weighted by Crippen LogP contribution is -2.41. The third-order valence-electron chi connectivity index (χ3n) is 11.9. The van der Waals surface area contributed by atoms with Crippen molar-refractivity contribution in [1.82, 2.24) is 9.97 Å². The molecule has 2 aromatic heterocycles. The molecule has 0 saturated carbocycles. The molecular weight excluding hydrogens is 731 g/mol. The maximum atomic E-state index is 6.15. The quantitative estimate of drug-likeness (QED) is 0.0384.